The molecule has 1 rings (SSSR count). The maximum Gasteiger partial charge on any atom is 0.224 e. The number of carbonyl (C=O) groups excluding carboxylic acids is 1. The van der Waals surface area contributed by atoms with Gasteiger partial charge in [-0.3, -0.25) is 4.79 Å². The minimum Gasteiger partial charge on any atom is -0.396 e. The van der Waals surface area contributed by atoms with E-state index in [2.05, 4.69) is 5.32 Å². The number of nitrogens with one attached hydrogen (secondary N) is 1. The molecule has 0 saturated carbocycles. The number of aliphatic hydroxyl groups is 1. The summed E-state index contributed by atoms with van der Waals surface area (Å²) in [5.74, 6) is -0.756. The van der Waals surface area contributed by atoms with Gasteiger partial charge in [0.2, 0.25) is 5.91 Å². The second-order valence-corrected chi connectivity index (χ2v) is 3.41. The van der Waals surface area contributed by atoms with Gasteiger partial charge in [0.05, 0.1) is 10.7 Å². The Hall–Kier alpha value is -1.13. The van der Waals surface area contributed by atoms with Gasteiger partial charge < -0.3 is 10.4 Å². The van der Waals surface area contributed by atoms with Crippen LogP contribution in [0.2, 0.25) is 5.02 Å². The third kappa shape index (κ3) is 3.85. The molecule has 1 aromatic rings. The van der Waals surface area contributed by atoms with Gasteiger partial charge in [0, 0.05) is 13.0 Å². The zero-order chi connectivity index (χ0) is 11.3. The fraction of sp³-hybridized carbons (Fsp3) is 0.300. The Morgan fingerprint density at radius 1 is 1.53 bits per heavy atom. The second-order valence-electron chi connectivity index (χ2n) is 3.00. The molecular formula is C10H11ClFNO2. The standard InChI is InChI=1S/C10H11ClFNO2/c11-8-4-3-7(12)6-9(8)13-10(15)2-1-5-14/h3-4,6,14H,1-2,5H2,(H,13,15). The van der Waals surface area contributed by atoms with E-state index in [1.165, 1.54) is 12.1 Å². The molecule has 0 aliphatic heterocycles. The number of benzene rings is 1. The van der Waals surface area contributed by atoms with Gasteiger partial charge in [-0.15, -0.1) is 0 Å². The van der Waals surface area contributed by atoms with Gasteiger partial charge in [-0.2, -0.15) is 0 Å². The van der Waals surface area contributed by atoms with Gasteiger partial charge in [-0.25, -0.2) is 4.39 Å². The van der Waals surface area contributed by atoms with E-state index in [1.54, 1.807) is 0 Å². The van der Waals surface area contributed by atoms with Crippen LogP contribution in [0.15, 0.2) is 18.2 Å². The average molecular weight is 232 g/mol. The molecule has 0 unspecified atom stereocenters. The molecule has 5 heteroatoms. The van der Waals surface area contributed by atoms with Crippen LogP contribution in [0.4, 0.5) is 10.1 Å². The summed E-state index contributed by atoms with van der Waals surface area (Å²) >= 11 is 5.74. The number of halogens is 2. The summed E-state index contributed by atoms with van der Waals surface area (Å²) in [6.45, 7) is -0.0513. The van der Waals surface area contributed by atoms with Crippen molar-refractivity contribution in [2.45, 2.75) is 12.8 Å². The van der Waals surface area contributed by atoms with Crippen molar-refractivity contribution in [3.8, 4) is 0 Å². The highest BCUT2D eigenvalue weighted by Gasteiger charge is 2.06. The molecule has 82 valence electrons. The summed E-state index contributed by atoms with van der Waals surface area (Å²) in [7, 11) is 0. The molecule has 0 saturated heterocycles. The van der Waals surface area contributed by atoms with E-state index in [-0.39, 0.29) is 29.6 Å². The smallest absolute Gasteiger partial charge is 0.224 e. The van der Waals surface area contributed by atoms with E-state index in [1.807, 2.05) is 0 Å². The molecule has 15 heavy (non-hydrogen) atoms. The highest BCUT2D eigenvalue weighted by molar-refractivity contribution is 6.33. The van der Waals surface area contributed by atoms with E-state index in [0.717, 1.165) is 6.07 Å². The third-order valence-electron chi connectivity index (χ3n) is 1.76. The molecule has 2 N–H and O–H groups in total. The van der Waals surface area contributed by atoms with Gasteiger partial charge in [-0.1, -0.05) is 11.6 Å². The van der Waals surface area contributed by atoms with Crippen LogP contribution in [0.3, 0.4) is 0 Å². The summed E-state index contributed by atoms with van der Waals surface area (Å²) in [6, 6.07) is 3.74. The van der Waals surface area contributed by atoms with E-state index >= 15 is 0 Å². The molecule has 1 amide bonds. The van der Waals surface area contributed by atoms with Crippen LogP contribution in [0.5, 0.6) is 0 Å². The van der Waals surface area contributed by atoms with Crippen molar-refractivity contribution in [3.63, 3.8) is 0 Å². The quantitative estimate of drug-likeness (QED) is 0.835. The van der Waals surface area contributed by atoms with Crippen LogP contribution < -0.4 is 5.32 Å². The molecule has 3 nitrogen and oxygen atoms in total. The molecule has 0 aliphatic carbocycles. The molecule has 0 spiro atoms. The average Bonchev–Trinajstić information content (AvgIpc) is 2.20. The van der Waals surface area contributed by atoms with E-state index in [0.29, 0.717) is 6.42 Å². The van der Waals surface area contributed by atoms with Crippen molar-refractivity contribution in [3.05, 3.63) is 29.0 Å². The monoisotopic (exact) mass is 231 g/mol. The predicted molar refractivity (Wildman–Crippen MR) is 56.4 cm³/mol. The zero-order valence-corrected chi connectivity index (χ0v) is 8.72. The molecule has 1 aromatic carbocycles. The van der Waals surface area contributed by atoms with E-state index < -0.39 is 5.82 Å². The number of hydrogen-bond acceptors (Lipinski definition) is 2. The largest absolute Gasteiger partial charge is 0.396 e. The predicted octanol–water partition coefficient (Wildman–Crippen LogP) is 2.19. The first-order valence-electron chi connectivity index (χ1n) is 4.49. The van der Waals surface area contributed by atoms with Gasteiger partial charge >= 0.3 is 0 Å². The molecule has 0 heterocycles. The lowest BCUT2D eigenvalue weighted by Crippen LogP contribution is -2.12. The van der Waals surface area contributed by atoms with Crippen molar-refractivity contribution in [2.24, 2.45) is 0 Å². The summed E-state index contributed by atoms with van der Waals surface area (Å²) in [4.78, 5) is 11.2. The Morgan fingerprint density at radius 3 is 2.93 bits per heavy atom. The van der Waals surface area contributed by atoms with Crippen LogP contribution >= 0.6 is 11.6 Å². The Bertz CT molecular complexity index is 357. The zero-order valence-electron chi connectivity index (χ0n) is 7.96. The maximum atomic E-state index is 12.8. The first-order chi connectivity index (χ1) is 7.13. The molecule has 0 atom stereocenters. The van der Waals surface area contributed by atoms with Crippen LogP contribution in [-0.4, -0.2) is 17.6 Å². The van der Waals surface area contributed by atoms with Gasteiger partial charge in [-0.05, 0) is 24.6 Å². The molecule has 0 aromatic heterocycles. The van der Waals surface area contributed by atoms with Crippen molar-refractivity contribution in [2.75, 3.05) is 11.9 Å². The summed E-state index contributed by atoms with van der Waals surface area (Å²) in [5.41, 5.74) is 0.250. The molecule has 0 radical (unpaired) electrons. The molecular weight excluding hydrogens is 221 g/mol. The Kier molecular flexibility index (Phi) is 4.52. The number of aliphatic hydroxyl groups excluding tert-OH is 1. The molecule has 0 aliphatic rings. The summed E-state index contributed by atoms with van der Waals surface area (Å²) in [5, 5.41) is 11.3. The van der Waals surface area contributed by atoms with Crippen LogP contribution in [-0.2, 0) is 4.79 Å². The Balaban J connectivity index is 2.63. The van der Waals surface area contributed by atoms with Crippen LogP contribution in [0.25, 0.3) is 0 Å². The first kappa shape index (κ1) is 11.9. The fourth-order valence-electron chi connectivity index (χ4n) is 1.05. The van der Waals surface area contributed by atoms with Gasteiger partial charge in [0.15, 0.2) is 0 Å². The minimum atomic E-state index is -0.461. The molecule has 0 bridgehead atoms. The van der Waals surface area contributed by atoms with Gasteiger partial charge in [0.25, 0.3) is 0 Å². The Morgan fingerprint density at radius 2 is 2.27 bits per heavy atom. The van der Waals surface area contributed by atoms with Gasteiger partial charge in [0.1, 0.15) is 5.82 Å². The number of anilines is 1. The number of amides is 1. The normalized spacial score (nSPS) is 10.1. The van der Waals surface area contributed by atoms with Crippen molar-refractivity contribution >= 4 is 23.2 Å². The summed E-state index contributed by atoms with van der Waals surface area (Å²) in [6.07, 6.45) is 0.558. The third-order valence-corrected chi connectivity index (χ3v) is 2.09. The Labute approximate surface area is 91.9 Å². The summed E-state index contributed by atoms with van der Waals surface area (Å²) < 4.78 is 12.8. The SMILES string of the molecule is O=C(CCCO)Nc1cc(F)ccc1Cl. The van der Waals surface area contributed by atoms with Crippen molar-refractivity contribution in [1.82, 2.24) is 0 Å². The lowest BCUT2D eigenvalue weighted by atomic mass is 10.2. The highest BCUT2D eigenvalue weighted by Crippen LogP contribution is 2.22. The minimum absolute atomic E-state index is 0.0513. The van der Waals surface area contributed by atoms with Crippen molar-refractivity contribution < 1.29 is 14.3 Å². The number of rotatable bonds is 4. The topological polar surface area (TPSA) is 49.3 Å². The lowest BCUT2D eigenvalue weighted by molar-refractivity contribution is -0.116. The second kappa shape index (κ2) is 5.68. The highest BCUT2D eigenvalue weighted by atomic mass is 35.5. The molecule has 0 fully saturated rings. The first-order valence-corrected chi connectivity index (χ1v) is 4.87. The number of carbonyl (C=O) groups is 1. The van der Waals surface area contributed by atoms with E-state index in [4.69, 9.17) is 16.7 Å². The van der Waals surface area contributed by atoms with Crippen molar-refractivity contribution in [1.29, 1.82) is 0 Å². The lowest BCUT2D eigenvalue weighted by Gasteiger charge is -2.06. The van der Waals surface area contributed by atoms with Crippen LogP contribution in [0.1, 0.15) is 12.8 Å². The van der Waals surface area contributed by atoms with E-state index in [9.17, 15) is 9.18 Å². The van der Waals surface area contributed by atoms with Crippen LogP contribution in [0, 0.1) is 5.82 Å². The maximum absolute atomic E-state index is 12.8. The number of hydrogen-bond donors (Lipinski definition) is 2. The fourth-order valence-corrected chi connectivity index (χ4v) is 1.21.